The highest BCUT2D eigenvalue weighted by atomic mass is 35.5. The van der Waals surface area contributed by atoms with Gasteiger partial charge < -0.3 is 19.7 Å². The summed E-state index contributed by atoms with van der Waals surface area (Å²) in [5.74, 6) is -0.0973. The number of carbonyl (C=O) groups is 1. The van der Waals surface area contributed by atoms with E-state index >= 15 is 0 Å². The average molecular weight is 463 g/mol. The smallest absolute Gasteiger partial charge is 0.246 e. The zero-order valence-electron chi connectivity index (χ0n) is 16.3. The summed E-state index contributed by atoms with van der Waals surface area (Å²) in [7, 11) is -3.23. The summed E-state index contributed by atoms with van der Waals surface area (Å²) >= 11 is 12.5. The lowest BCUT2D eigenvalue weighted by atomic mass is 9.99. The number of hydrogen-bond acceptors (Lipinski definition) is 6. The molecule has 1 fully saturated rings. The molecule has 29 heavy (non-hydrogen) atoms. The van der Waals surface area contributed by atoms with Gasteiger partial charge >= 0.3 is 0 Å². The number of anilines is 1. The van der Waals surface area contributed by atoms with Crippen LogP contribution in [0.4, 0.5) is 5.69 Å². The average Bonchev–Trinajstić information content (AvgIpc) is 2.97. The van der Waals surface area contributed by atoms with Gasteiger partial charge in [-0.3, -0.25) is 4.79 Å². The summed E-state index contributed by atoms with van der Waals surface area (Å²) in [5, 5.41) is 4.70. The number of piperidine rings is 1. The lowest BCUT2D eigenvalue weighted by Crippen LogP contribution is -2.42. The van der Waals surface area contributed by atoms with Crippen molar-refractivity contribution >= 4 is 44.6 Å². The minimum atomic E-state index is -3.23. The molecule has 1 aromatic carbocycles. The molecule has 2 heterocycles. The van der Waals surface area contributed by atoms with Crippen molar-refractivity contribution in [2.45, 2.75) is 32.5 Å². The third-order valence-electron chi connectivity index (χ3n) is 4.94. The fraction of sp³-hybridized carbons (Fsp3) is 0.526. The molecular formula is C19H24Cl2N2O5S. The molecule has 1 amide bonds. The van der Waals surface area contributed by atoms with E-state index in [-0.39, 0.29) is 24.1 Å². The molecule has 3 rings (SSSR count). The number of nitrogens with zero attached hydrogens (tertiary/aromatic N) is 1. The van der Waals surface area contributed by atoms with Crippen molar-refractivity contribution in [3.63, 3.8) is 0 Å². The van der Waals surface area contributed by atoms with E-state index in [1.807, 2.05) is 0 Å². The van der Waals surface area contributed by atoms with Crippen LogP contribution in [0.15, 0.2) is 18.1 Å². The maximum atomic E-state index is 12.6. The number of fused-ring (bicyclic) bond motifs is 1. The fourth-order valence-electron chi connectivity index (χ4n) is 3.47. The number of rotatable bonds is 6. The maximum absolute atomic E-state index is 12.6. The second-order valence-corrected chi connectivity index (χ2v) is 10.5. The first-order chi connectivity index (χ1) is 13.5. The Balaban J connectivity index is 1.60. The fourth-order valence-corrected chi connectivity index (χ4v) is 5.15. The van der Waals surface area contributed by atoms with Crippen LogP contribution >= 0.6 is 23.2 Å². The number of carbonyl (C=O) groups excluding carboxylic acids is 1. The molecular weight excluding hydrogens is 439 g/mol. The predicted octanol–water partition coefficient (Wildman–Crippen LogP) is 3.71. The Morgan fingerprint density at radius 2 is 1.90 bits per heavy atom. The van der Waals surface area contributed by atoms with Gasteiger partial charge in [-0.25, -0.2) is 8.42 Å². The van der Waals surface area contributed by atoms with Gasteiger partial charge in [-0.1, -0.05) is 29.8 Å². The van der Waals surface area contributed by atoms with Gasteiger partial charge in [0, 0.05) is 32.3 Å². The van der Waals surface area contributed by atoms with E-state index < -0.39 is 15.6 Å². The largest absolute Gasteiger partial charge is 0.447 e. The Labute approximate surface area is 180 Å². The molecule has 0 spiro atoms. The number of benzene rings is 1. The van der Waals surface area contributed by atoms with Gasteiger partial charge in [-0.05, 0) is 24.8 Å². The molecule has 7 nitrogen and oxygen atoms in total. The van der Waals surface area contributed by atoms with Crippen molar-refractivity contribution in [3.8, 4) is 11.5 Å². The van der Waals surface area contributed by atoms with Crippen molar-refractivity contribution in [1.82, 2.24) is 4.90 Å². The highest BCUT2D eigenvalue weighted by Crippen LogP contribution is 2.51. The van der Waals surface area contributed by atoms with Gasteiger partial charge in [-0.15, -0.1) is 0 Å². The quantitative estimate of drug-likeness (QED) is 0.693. The molecule has 0 radical (unpaired) electrons. The van der Waals surface area contributed by atoms with E-state index in [0.717, 1.165) is 5.41 Å². The van der Waals surface area contributed by atoms with Crippen molar-refractivity contribution in [3.05, 3.63) is 28.1 Å². The number of sulfone groups is 1. The molecule has 0 aromatic heterocycles. The summed E-state index contributed by atoms with van der Waals surface area (Å²) in [6.45, 7) is 7.89. The lowest BCUT2D eigenvalue weighted by Gasteiger charge is -2.32. The standard InChI is InChI=1S/C19H24Cl2N2O5S/c1-4-29(25,26)11-12-5-7-23(8-6-12)15(24)10-22-16-13(20)9-14(21)17-18(16)28-19(2,3)27-17/h4,9,12,22H,1,5-8,10-11H2,2-3H3. The first kappa shape index (κ1) is 22.1. The van der Waals surface area contributed by atoms with Crippen molar-refractivity contribution in [2.24, 2.45) is 5.92 Å². The first-order valence-corrected chi connectivity index (χ1v) is 11.8. The minimum absolute atomic E-state index is 0.0210. The molecule has 0 saturated carbocycles. The van der Waals surface area contributed by atoms with Crippen LogP contribution in [0.25, 0.3) is 0 Å². The van der Waals surface area contributed by atoms with E-state index in [4.69, 9.17) is 32.7 Å². The monoisotopic (exact) mass is 462 g/mol. The summed E-state index contributed by atoms with van der Waals surface area (Å²) in [5.41, 5.74) is 0.456. The topological polar surface area (TPSA) is 84.9 Å². The number of ether oxygens (including phenoxy) is 2. The Hall–Kier alpha value is -1.64. The van der Waals surface area contributed by atoms with Gasteiger partial charge in [0.1, 0.15) is 5.69 Å². The van der Waals surface area contributed by atoms with Gasteiger partial charge in [0.25, 0.3) is 0 Å². The Morgan fingerprint density at radius 3 is 2.52 bits per heavy atom. The molecule has 0 aliphatic carbocycles. The van der Waals surface area contributed by atoms with Crippen LogP contribution in [0.1, 0.15) is 26.7 Å². The second kappa shape index (κ2) is 8.24. The van der Waals surface area contributed by atoms with Crippen LogP contribution in [0.2, 0.25) is 10.0 Å². The van der Waals surface area contributed by atoms with Crippen molar-refractivity contribution in [1.29, 1.82) is 0 Å². The Bertz CT molecular complexity index is 925. The van der Waals surface area contributed by atoms with Crippen LogP contribution in [-0.2, 0) is 14.6 Å². The molecule has 1 saturated heterocycles. The van der Waals surface area contributed by atoms with E-state index in [1.54, 1.807) is 24.8 Å². The minimum Gasteiger partial charge on any atom is -0.447 e. The Kier molecular flexibility index (Phi) is 6.27. The van der Waals surface area contributed by atoms with Crippen LogP contribution in [0.3, 0.4) is 0 Å². The normalized spacial score (nSPS) is 18.6. The Morgan fingerprint density at radius 1 is 1.28 bits per heavy atom. The maximum Gasteiger partial charge on any atom is 0.246 e. The van der Waals surface area contributed by atoms with Crippen LogP contribution in [0, 0.1) is 5.92 Å². The van der Waals surface area contributed by atoms with Gasteiger partial charge in [0.2, 0.25) is 11.7 Å². The van der Waals surface area contributed by atoms with E-state index in [0.29, 0.717) is 53.2 Å². The van der Waals surface area contributed by atoms with Crippen molar-refractivity contribution < 1.29 is 22.7 Å². The summed E-state index contributed by atoms with van der Waals surface area (Å²) in [4.78, 5) is 14.3. The summed E-state index contributed by atoms with van der Waals surface area (Å²) in [6, 6.07) is 1.55. The highest BCUT2D eigenvalue weighted by molar-refractivity contribution is 7.94. The SMILES string of the molecule is C=CS(=O)(=O)CC1CCN(C(=O)CNc2c(Cl)cc(Cl)c3c2OC(C)(C)O3)CC1. The number of hydrogen-bond donors (Lipinski definition) is 1. The van der Waals surface area contributed by atoms with Crippen LogP contribution in [-0.4, -0.2) is 50.4 Å². The molecule has 10 heteroatoms. The molecule has 0 atom stereocenters. The zero-order valence-corrected chi connectivity index (χ0v) is 18.7. The predicted molar refractivity (Wildman–Crippen MR) is 114 cm³/mol. The number of likely N-dealkylation sites (tertiary alicyclic amines) is 1. The van der Waals surface area contributed by atoms with Crippen molar-refractivity contribution in [2.75, 3.05) is 30.7 Å². The molecule has 2 aliphatic heterocycles. The van der Waals surface area contributed by atoms with Crippen LogP contribution < -0.4 is 14.8 Å². The molecule has 0 bridgehead atoms. The van der Waals surface area contributed by atoms with Gasteiger partial charge in [0.15, 0.2) is 21.3 Å². The number of amides is 1. The van der Waals surface area contributed by atoms with Gasteiger partial charge in [-0.2, -0.15) is 0 Å². The molecule has 1 aromatic rings. The third kappa shape index (κ3) is 5.10. The number of nitrogens with one attached hydrogen (secondary N) is 1. The van der Waals surface area contributed by atoms with Crippen LogP contribution in [0.5, 0.6) is 11.5 Å². The molecule has 2 aliphatic rings. The first-order valence-electron chi connectivity index (χ1n) is 9.28. The summed E-state index contributed by atoms with van der Waals surface area (Å²) in [6.07, 6.45) is 1.28. The van der Waals surface area contributed by atoms with Gasteiger partial charge in [0.05, 0.1) is 22.3 Å². The lowest BCUT2D eigenvalue weighted by molar-refractivity contribution is -0.130. The molecule has 1 N–H and O–H groups in total. The zero-order chi connectivity index (χ0) is 21.4. The molecule has 0 unspecified atom stereocenters. The molecule has 160 valence electrons. The number of halogens is 2. The summed E-state index contributed by atoms with van der Waals surface area (Å²) < 4.78 is 34.9. The second-order valence-electron chi connectivity index (χ2n) is 7.65. The van der Waals surface area contributed by atoms with E-state index in [1.165, 1.54) is 0 Å². The third-order valence-corrected chi connectivity index (χ3v) is 6.97. The van der Waals surface area contributed by atoms with E-state index in [9.17, 15) is 13.2 Å². The highest BCUT2D eigenvalue weighted by Gasteiger charge is 2.37. The van der Waals surface area contributed by atoms with E-state index in [2.05, 4.69) is 11.9 Å².